The fraction of sp³-hybridized carbons (Fsp3) is 0.211. The first-order chi connectivity index (χ1) is 13.4. The number of hydrogen-bond acceptors (Lipinski definition) is 6. The largest absolute Gasteiger partial charge is 0.493 e. The second-order valence-corrected chi connectivity index (χ2v) is 6.78. The average Bonchev–Trinajstić information content (AvgIpc) is 3.05. The smallest absolute Gasteiger partial charge is 0.366 e. The molecule has 0 atom stereocenters. The lowest BCUT2D eigenvalue weighted by Crippen LogP contribution is -2.12. The maximum atomic E-state index is 12.5. The molecular weight excluding hydrogens is 405 g/mol. The van der Waals surface area contributed by atoms with E-state index in [-0.39, 0.29) is 18.1 Å². The van der Waals surface area contributed by atoms with Gasteiger partial charge in [0.05, 0.1) is 36.0 Å². The van der Waals surface area contributed by atoms with E-state index in [2.05, 4.69) is 10.3 Å². The Bertz CT molecular complexity index is 1020. The highest BCUT2D eigenvalue weighted by atomic mass is 35.5. The van der Waals surface area contributed by atoms with E-state index in [0.29, 0.717) is 33.6 Å². The van der Waals surface area contributed by atoms with Gasteiger partial charge in [-0.15, -0.1) is 5.10 Å². The molecule has 146 valence electrons. The van der Waals surface area contributed by atoms with E-state index in [9.17, 15) is 9.90 Å². The molecule has 0 radical (unpaired) electrons. The molecule has 2 aromatic carbocycles. The Morgan fingerprint density at radius 1 is 1.11 bits per heavy atom. The van der Waals surface area contributed by atoms with Gasteiger partial charge in [-0.05, 0) is 42.3 Å². The van der Waals surface area contributed by atoms with Crippen molar-refractivity contribution in [2.45, 2.75) is 20.1 Å². The quantitative estimate of drug-likeness (QED) is 0.482. The van der Waals surface area contributed by atoms with Gasteiger partial charge in [0.25, 0.3) is 0 Å². The number of nitrogens with zero attached hydrogens (tertiary/aromatic N) is 3. The SMILES string of the molecule is COc1cc(CO)ccc1OC(=O)c1nnn(Cc2ccc(Cl)c(Cl)c2)c1C. The van der Waals surface area contributed by atoms with E-state index in [1.165, 1.54) is 7.11 Å². The van der Waals surface area contributed by atoms with E-state index in [4.69, 9.17) is 32.7 Å². The molecule has 1 heterocycles. The molecule has 0 bridgehead atoms. The van der Waals surface area contributed by atoms with Gasteiger partial charge in [0.2, 0.25) is 0 Å². The highest BCUT2D eigenvalue weighted by Gasteiger charge is 2.20. The minimum atomic E-state index is -0.659. The highest BCUT2D eigenvalue weighted by Crippen LogP contribution is 2.29. The predicted molar refractivity (Wildman–Crippen MR) is 104 cm³/mol. The van der Waals surface area contributed by atoms with E-state index in [0.717, 1.165) is 5.56 Å². The Balaban J connectivity index is 1.79. The van der Waals surface area contributed by atoms with Crippen LogP contribution in [-0.4, -0.2) is 33.2 Å². The number of rotatable bonds is 6. The summed E-state index contributed by atoms with van der Waals surface area (Å²) in [6, 6.07) is 10.0. The number of carbonyl (C=O) groups is 1. The van der Waals surface area contributed by atoms with Crippen molar-refractivity contribution in [3.63, 3.8) is 0 Å². The first-order valence-electron chi connectivity index (χ1n) is 8.27. The standard InChI is InChI=1S/C19H17Cl2N3O4/c1-11-18(19(26)28-16-6-4-13(10-25)8-17(16)27-2)22-23-24(11)9-12-3-5-14(20)15(21)7-12/h3-8,25H,9-10H2,1-2H3. The molecule has 3 rings (SSSR count). The van der Waals surface area contributed by atoms with Crippen molar-refractivity contribution in [3.8, 4) is 11.5 Å². The summed E-state index contributed by atoms with van der Waals surface area (Å²) in [4.78, 5) is 12.5. The van der Waals surface area contributed by atoms with Crippen LogP contribution >= 0.6 is 23.2 Å². The first-order valence-corrected chi connectivity index (χ1v) is 9.02. The molecule has 0 saturated heterocycles. The van der Waals surface area contributed by atoms with Crippen LogP contribution in [0.3, 0.4) is 0 Å². The van der Waals surface area contributed by atoms with Gasteiger partial charge in [-0.25, -0.2) is 9.48 Å². The Morgan fingerprint density at radius 3 is 2.54 bits per heavy atom. The highest BCUT2D eigenvalue weighted by molar-refractivity contribution is 6.42. The van der Waals surface area contributed by atoms with E-state index in [1.54, 1.807) is 41.9 Å². The number of aliphatic hydroxyl groups is 1. The maximum Gasteiger partial charge on any atom is 0.366 e. The molecule has 0 fully saturated rings. The molecule has 28 heavy (non-hydrogen) atoms. The summed E-state index contributed by atoms with van der Waals surface area (Å²) >= 11 is 12.0. The van der Waals surface area contributed by atoms with Crippen LogP contribution in [0.25, 0.3) is 0 Å². The number of hydrogen-bond donors (Lipinski definition) is 1. The summed E-state index contributed by atoms with van der Waals surface area (Å²) in [5.74, 6) is -0.100. The van der Waals surface area contributed by atoms with Crippen molar-refractivity contribution in [2.24, 2.45) is 0 Å². The van der Waals surface area contributed by atoms with Crippen LogP contribution < -0.4 is 9.47 Å². The van der Waals surface area contributed by atoms with E-state index in [1.807, 2.05) is 6.07 Å². The van der Waals surface area contributed by atoms with E-state index < -0.39 is 5.97 Å². The molecule has 3 aromatic rings. The summed E-state index contributed by atoms with van der Waals surface area (Å²) in [6.07, 6.45) is 0. The van der Waals surface area contributed by atoms with Gasteiger partial charge in [-0.3, -0.25) is 0 Å². The summed E-state index contributed by atoms with van der Waals surface area (Å²) in [5.41, 5.74) is 2.14. The van der Waals surface area contributed by atoms with Crippen molar-refractivity contribution in [2.75, 3.05) is 7.11 Å². The lowest BCUT2D eigenvalue weighted by Gasteiger charge is -2.10. The van der Waals surface area contributed by atoms with Gasteiger partial charge in [0, 0.05) is 0 Å². The minimum Gasteiger partial charge on any atom is -0.493 e. The van der Waals surface area contributed by atoms with Gasteiger partial charge < -0.3 is 14.6 Å². The van der Waals surface area contributed by atoms with Crippen LogP contribution in [0.15, 0.2) is 36.4 Å². The van der Waals surface area contributed by atoms with Crippen LogP contribution in [0.5, 0.6) is 11.5 Å². The van der Waals surface area contributed by atoms with Crippen LogP contribution in [0.2, 0.25) is 10.0 Å². The van der Waals surface area contributed by atoms with Crippen molar-refractivity contribution in [1.29, 1.82) is 0 Å². The fourth-order valence-electron chi connectivity index (χ4n) is 2.55. The maximum absolute atomic E-state index is 12.5. The molecule has 1 aromatic heterocycles. The lowest BCUT2D eigenvalue weighted by atomic mass is 10.2. The predicted octanol–water partition coefficient (Wildman–Crippen LogP) is 3.66. The molecule has 0 unspecified atom stereocenters. The third kappa shape index (κ3) is 4.27. The van der Waals surface area contributed by atoms with Gasteiger partial charge in [-0.1, -0.05) is 40.5 Å². The number of esters is 1. The van der Waals surface area contributed by atoms with Gasteiger partial charge in [0.1, 0.15) is 0 Å². The molecule has 0 amide bonds. The summed E-state index contributed by atoms with van der Waals surface area (Å²) < 4.78 is 12.2. The Labute approximate surface area is 171 Å². The Kier molecular flexibility index (Phi) is 6.18. The Morgan fingerprint density at radius 2 is 1.86 bits per heavy atom. The number of carbonyl (C=O) groups excluding carboxylic acids is 1. The zero-order chi connectivity index (χ0) is 20.3. The molecular formula is C19H17Cl2N3O4. The number of halogens is 2. The van der Waals surface area contributed by atoms with Crippen LogP contribution in [0.1, 0.15) is 27.3 Å². The van der Waals surface area contributed by atoms with Gasteiger partial charge >= 0.3 is 5.97 Å². The zero-order valence-corrected chi connectivity index (χ0v) is 16.7. The Hall–Kier alpha value is -2.61. The second-order valence-electron chi connectivity index (χ2n) is 5.96. The summed E-state index contributed by atoms with van der Waals surface area (Å²) in [7, 11) is 1.45. The topological polar surface area (TPSA) is 86.5 Å². The van der Waals surface area contributed by atoms with Crippen molar-refractivity contribution in [3.05, 3.63) is 69.0 Å². The zero-order valence-electron chi connectivity index (χ0n) is 15.1. The fourth-order valence-corrected chi connectivity index (χ4v) is 2.87. The van der Waals surface area contributed by atoms with Crippen molar-refractivity contribution >= 4 is 29.2 Å². The number of ether oxygens (including phenoxy) is 2. The number of benzene rings is 2. The molecule has 1 N–H and O–H groups in total. The number of methoxy groups -OCH3 is 1. The van der Waals surface area contributed by atoms with Crippen LogP contribution in [0.4, 0.5) is 0 Å². The molecule has 0 saturated carbocycles. The number of aliphatic hydroxyl groups excluding tert-OH is 1. The molecule has 7 nitrogen and oxygen atoms in total. The third-order valence-corrected chi connectivity index (χ3v) is 4.84. The minimum absolute atomic E-state index is 0.0911. The monoisotopic (exact) mass is 421 g/mol. The third-order valence-electron chi connectivity index (χ3n) is 4.11. The van der Waals surface area contributed by atoms with Crippen LogP contribution in [0, 0.1) is 6.92 Å². The normalized spacial score (nSPS) is 10.8. The molecule has 0 aliphatic carbocycles. The first kappa shape index (κ1) is 20.1. The van der Waals surface area contributed by atoms with Crippen LogP contribution in [-0.2, 0) is 13.2 Å². The molecule has 0 aliphatic heterocycles. The molecule has 0 spiro atoms. The average molecular weight is 422 g/mol. The molecule has 0 aliphatic rings. The second kappa shape index (κ2) is 8.60. The lowest BCUT2D eigenvalue weighted by molar-refractivity contribution is 0.0722. The summed E-state index contributed by atoms with van der Waals surface area (Å²) in [6.45, 7) is 1.95. The van der Waals surface area contributed by atoms with E-state index >= 15 is 0 Å². The van der Waals surface area contributed by atoms with Gasteiger partial charge in [0.15, 0.2) is 17.2 Å². The number of aromatic nitrogens is 3. The van der Waals surface area contributed by atoms with Crippen molar-refractivity contribution < 1.29 is 19.4 Å². The summed E-state index contributed by atoms with van der Waals surface area (Å²) in [5, 5.41) is 18.1. The molecule has 9 heteroatoms. The van der Waals surface area contributed by atoms with Gasteiger partial charge in [-0.2, -0.15) is 0 Å². The van der Waals surface area contributed by atoms with Crippen molar-refractivity contribution in [1.82, 2.24) is 15.0 Å².